The van der Waals surface area contributed by atoms with Gasteiger partial charge in [-0.3, -0.25) is 4.79 Å². The lowest BCUT2D eigenvalue weighted by atomic mass is 9.68. The van der Waals surface area contributed by atoms with E-state index in [1.807, 2.05) is 36.4 Å². The fourth-order valence-corrected chi connectivity index (χ4v) is 6.25. The molecule has 0 radical (unpaired) electrons. The van der Waals surface area contributed by atoms with Gasteiger partial charge in [0.05, 0.1) is 12.6 Å². The van der Waals surface area contributed by atoms with Crippen molar-refractivity contribution in [3.05, 3.63) is 83.4 Å². The average molecular weight is 529 g/mol. The summed E-state index contributed by atoms with van der Waals surface area (Å²) in [6, 6.07) is 22.1. The van der Waals surface area contributed by atoms with Crippen molar-refractivity contribution in [2.75, 3.05) is 24.6 Å². The van der Waals surface area contributed by atoms with E-state index in [0.29, 0.717) is 24.2 Å². The second-order valence-electron chi connectivity index (χ2n) is 11.2. The maximum atomic E-state index is 10.7. The summed E-state index contributed by atoms with van der Waals surface area (Å²) < 4.78 is 11.2. The zero-order chi connectivity index (χ0) is 27.1. The number of hydrogen-bond donors (Lipinski definition) is 2. The van der Waals surface area contributed by atoms with Gasteiger partial charge in [0.25, 0.3) is 6.47 Å². The van der Waals surface area contributed by atoms with E-state index >= 15 is 0 Å². The van der Waals surface area contributed by atoms with Crippen molar-refractivity contribution < 1.29 is 19.4 Å². The first-order chi connectivity index (χ1) is 19.1. The minimum absolute atomic E-state index is 0.0919. The van der Waals surface area contributed by atoms with E-state index in [9.17, 15) is 9.90 Å². The lowest BCUT2D eigenvalue weighted by Crippen LogP contribution is -2.41. The van der Waals surface area contributed by atoms with Gasteiger partial charge in [-0.2, -0.15) is 0 Å². The van der Waals surface area contributed by atoms with Gasteiger partial charge in [0, 0.05) is 24.3 Å². The van der Waals surface area contributed by atoms with Crippen molar-refractivity contribution in [3.63, 3.8) is 0 Å². The van der Waals surface area contributed by atoms with Gasteiger partial charge in [0.2, 0.25) is 0 Å². The van der Waals surface area contributed by atoms with Crippen LogP contribution >= 0.6 is 0 Å². The molecule has 2 aliphatic rings. The minimum Gasteiger partial charge on any atom is -0.488 e. The van der Waals surface area contributed by atoms with E-state index in [4.69, 9.17) is 15.2 Å². The maximum Gasteiger partial charge on any atom is 0.293 e. The van der Waals surface area contributed by atoms with Crippen LogP contribution in [0.15, 0.2) is 66.7 Å². The van der Waals surface area contributed by atoms with Crippen LogP contribution in [0.1, 0.15) is 67.7 Å². The number of hydrogen-bond acceptors (Lipinski definition) is 6. The largest absolute Gasteiger partial charge is 0.488 e. The van der Waals surface area contributed by atoms with Crippen molar-refractivity contribution in [2.24, 2.45) is 11.1 Å². The third-order valence-electron chi connectivity index (χ3n) is 8.60. The number of aliphatic hydroxyl groups excluding tert-OH is 1. The van der Waals surface area contributed by atoms with Gasteiger partial charge in [-0.05, 0) is 83.7 Å². The van der Waals surface area contributed by atoms with Crippen LogP contribution in [0.3, 0.4) is 0 Å². The van der Waals surface area contributed by atoms with Gasteiger partial charge < -0.3 is 25.2 Å². The smallest absolute Gasteiger partial charge is 0.293 e. The molecule has 0 bridgehead atoms. The number of nitrogens with two attached hydrogens (primary N) is 1. The summed E-state index contributed by atoms with van der Waals surface area (Å²) in [5.41, 5.74) is 12.9. The van der Waals surface area contributed by atoms with E-state index in [2.05, 4.69) is 35.2 Å². The molecule has 0 amide bonds. The predicted octanol–water partition coefficient (Wildman–Crippen LogP) is 6.15. The van der Waals surface area contributed by atoms with Crippen LogP contribution in [0.2, 0.25) is 0 Å². The van der Waals surface area contributed by atoms with Crippen LogP contribution in [0, 0.1) is 5.41 Å². The zero-order valence-corrected chi connectivity index (χ0v) is 22.7. The summed E-state index contributed by atoms with van der Waals surface area (Å²) in [5.74, 6) is 0.708. The Hall–Kier alpha value is -3.35. The molecule has 39 heavy (non-hydrogen) atoms. The van der Waals surface area contributed by atoms with Crippen molar-refractivity contribution in [1.82, 2.24) is 0 Å². The maximum absolute atomic E-state index is 10.7. The number of rotatable bonds is 10. The fourth-order valence-electron chi connectivity index (χ4n) is 6.25. The SMILES string of the molecule is N[C@@H](CO)c1cccc(-c2cc(COc3ccccc3COC=O)cc(N3CCC4(CCCCC4)CC3)c2)c1. The molecule has 206 valence electrons. The van der Waals surface area contributed by atoms with Crippen molar-refractivity contribution in [3.8, 4) is 16.9 Å². The highest BCUT2D eigenvalue weighted by Crippen LogP contribution is 2.45. The van der Waals surface area contributed by atoms with Crippen molar-refractivity contribution >= 4 is 12.2 Å². The molecule has 3 N–H and O–H groups in total. The van der Waals surface area contributed by atoms with Gasteiger partial charge in [-0.25, -0.2) is 0 Å². The summed E-state index contributed by atoms with van der Waals surface area (Å²) >= 11 is 0. The Morgan fingerprint density at radius 2 is 1.69 bits per heavy atom. The summed E-state index contributed by atoms with van der Waals surface area (Å²) in [7, 11) is 0. The monoisotopic (exact) mass is 528 g/mol. The molecular weight excluding hydrogens is 488 g/mol. The van der Waals surface area contributed by atoms with Crippen molar-refractivity contribution in [2.45, 2.75) is 64.2 Å². The van der Waals surface area contributed by atoms with E-state index in [1.54, 1.807) is 0 Å². The molecule has 0 unspecified atom stereocenters. The molecule has 6 heteroatoms. The summed E-state index contributed by atoms with van der Waals surface area (Å²) in [5, 5.41) is 9.59. The lowest BCUT2D eigenvalue weighted by molar-refractivity contribution is -0.129. The van der Waals surface area contributed by atoms with E-state index in [-0.39, 0.29) is 13.2 Å². The van der Waals surface area contributed by atoms with Crippen LogP contribution in [-0.4, -0.2) is 31.3 Å². The summed E-state index contributed by atoms with van der Waals surface area (Å²) in [6.07, 6.45) is 9.42. The molecule has 3 aromatic rings. The van der Waals surface area contributed by atoms with Gasteiger partial charge in [0.1, 0.15) is 19.0 Å². The molecule has 2 fully saturated rings. The molecule has 1 spiro atoms. The first kappa shape index (κ1) is 27.2. The van der Waals surface area contributed by atoms with Crippen LogP contribution in [0.4, 0.5) is 5.69 Å². The third-order valence-corrected chi connectivity index (χ3v) is 8.60. The van der Waals surface area contributed by atoms with Crippen LogP contribution < -0.4 is 15.4 Å². The average Bonchev–Trinajstić information content (AvgIpc) is 2.99. The Morgan fingerprint density at radius 3 is 2.46 bits per heavy atom. The number of carbonyl (C=O) groups excluding carboxylic acids is 1. The first-order valence-corrected chi connectivity index (χ1v) is 14.2. The molecule has 1 aliphatic heterocycles. The topological polar surface area (TPSA) is 85.0 Å². The van der Waals surface area contributed by atoms with Gasteiger partial charge >= 0.3 is 0 Å². The molecule has 1 aliphatic carbocycles. The Balaban J connectivity index is 1.42. The lowest BCUT2D eigenvalue weighted by Gasteiger charge is -2.45. The molecule has 5 rings (SSSR count). The first-order valence-electron chi connectivity index (χ1n) is 14.2. The number of benzene rings is 3. The molecule has 6 nitrogen and oxygen atoms in total. The van der Waals surface area contributed by atoms with Gasteiger partial charge in [-0.1, -0.05) is 55.7 Å². The molecule has 3 aromatic carbocycles. The standard InChI is InChI=1S/C33H40N2O4/c34-31(21-36)27-9-6-8-26(19-27)29-17-25(22-39-32-10-3-2-7-28(32)23-38-24-37)18-30(20-29)35-15-13-33(14-16-35)11-4-1-5-12-33/h2-3,6-10,17-20,24,31,36H,1,4-5,11-16,21-23,34H2/t31-/m0/s1. The quantitative estimate of drug-likeness (QED) is 0.307. The number of nitrogens with zero attached hydrogens (tertiary/aromatic N) is 1. The Labute approximate surface area is 231 Å². The number of ether oxygens (including phenoxy) is 2. The summed E-state index contributed by atoms with van der Waals surface area (Å²) in [6.45, 7) is 3.09. The highest BCUT2D eigenvalue weighted by Gasteiger charge is 2.35. The van der Waals surface area contributed by atoms with Crippen LogP contribution in [0.5, 0.6) is 5.75 Å². The third kappa shape index (κ3) is 6.63. The number of para-hydroxylation sites is 1. The number of carbonyl (C=O) groups is 1. The zero-order valence-electron chi connectivity index (χ0n) is 22.7. The predicted molar refractivity (Wildman–Crippen MR) is 154 cm³/mol. The minimum atomic E-state index is -0.408. The Kier molecular flexibility index (Phi) is 8.84. The summed E-state index contributed by atoms with van der Waals surface area (Å²) in [4.78, 5) is 13.3. The van der Waals surface area contributed by atoms with Crippen LogP contribution in [-0.2, 0) is 22.7 Å². The normalized spacial score (nSPS) is 17.5. The van der Waals surface area contributed by atoms with Crippen molar-refractivity contribution in [1.29, 1.82) is 0 Å². The fraction of sp³-hybridized carbons (Fsp3) is 0.424. The Morgan fingerprint density at radius 1 is 0.897 bits per heavy atom. The van der Waals surface area contributed by atoms with E-state index < -0.39 is 6.04 Å². The second kappa shape index (κ2) is 12.7. The number of piperidine rings is 1. The molecule has 1 heterocycles. The molecule has 1 saturated heterocycles. The Bertz CT molecular complexity index is 1240. The van der Waals surface area contributed by atoms with Crippen LogP contribution in [0.25, 0.3) is 11.1 Å². The second-order valence-corrected chi connectivity index (χ2v) is 11.2. The molecule has 1 saturated carbocycles. The van der Waals surface area contributed by atoms with E-state index in [1.165, 1.54) is 50.6 Å². The molecular formula is C33H40N2O4. The van der Waals surface area contributed by atoms with Gasteiger partial charge in [-0.15, -0.1) is 0 Å². The number of anilines is 1. The highest BCUT2D eigenvalue weighted by atomic mass is 16.5. The van der Waals surface area contributed by atoms with E-state index in [0.717, 1.165) is 40.9 Å². The molecule has 0 aromatic heterocycles. The molecule has 1 atom stereocenters. The number of aliphatic hydroxyl groups is 1. The van der Waals surface area contributed by atoms with Gasteiger partial charge in [0.15, 0.2) is 0 Å². The highest BCUT2D eigenvalue weighted by molar-refractivity contribution is 5.70.